The Balaban J connectivity index is 2.22. The number of nitrogens with zero attached hydrogens (tertiary/aromatic N) is 1. The Morgan fingerprint density at radius 3 is 2.41 bits per heavy atom. The summed E-state index contributed by atoms with van der Waals surface area (Å²) in [5.74, 6) is 0.183. The lowest BCUT2D eigenvalue weighted by Crippen LogP contribution is -2.46. The fourth-order valence-electron chi connectivity index (χ4n) is 2.84. The van der Waals surface area contributed by atoms with Gasteiger partial charge in [-0.05, 0) is 35.8 Å². The monoisotopic (exact) mass is 378 g/mol. The SMILES string of the molecule is C=CC1(CC/C(=C/N([O-])O)c2ccc(OC)c(OC)c2)OCC(C)(C)CO1. The van der Waals surface area contributed by atoms with Crippen molar-refractivity contribution < 1.29 is 24.2 Å². The Morgan fingerprint density at radius 1 is 1.26 bits per heavy atom. The van der Waals surface area contributed by atoms with Crippen LogP contribution in [0.5, 0.6) is 11.5 Å². The summed E-state index contributed by atoms with van der Waals surface area (Å²) in [6, 6.07) is 5.29. The van der Waals surface area contributed by atoms with Gasteiger partial charge in [-0.15, -0.1) is 0 Å². The summed E-state index contributed by atoms with van der Waals surface area (Å²) in [6.07, 6.45) is 3.62. The van der Waals surface area contributed by atoms with Crippen molar-refractivity contribution in [3.05, 3.63) is 47.8 Å². The summed E-state index contributed by atoms with van der Waals surface area (Å²) in [5, 5.41) is 20.2. The number of rotatable bonds is 8. The smallest absolute Gasteiger partial charge is 0.187 e. The standard InChI is InChI=1S/C20H28NO6/c1-6-20(26-13-19(2,3)14-27-20)10-9-16(12-21(22)23)15-7-8-17(24-4)18(11-15)25-5/h6-8,11-12,22H,1,9-10,13-14H2,2-5H3/q-1/b16-12-. The van der Waals surface area contributed by atoms with Crippen molar-refractivity contribution in [1.82, 2.24) is 5.23 Å². The van der Waals surface area contributed by atoms with Crippen molar-refractivity contribution in [1.29, 1.82) is 0 Å². The minimum atomic E-state index is -0.922. The summed E-state index contributed by atoms with van der Waals surface area (Å²) < 4.78 is 22.4. The topological polar surface area (TPSA) is 83.5 Å². The number of hydrogen-bond acceptors (Lipinski definition) is 7. The average molecular weight is 378 g/mol. The van der Waals surface area contributed by atoms with Crippen LogP contribution in [0.3, 0.4) is 0 Å². The van der Waals surface area contributed by atoms with E-state index in [0.29, 0.717) is 43.1 Å². The van der Waals surface area contributed by atoms with Gasteiger partial charge < -0.3 is 29.4 Å². The molecule has 0 radical (unpaired) electrons. The molecule has 0 atom stereocenters. The Morgan fingerprint density at radius 2 is 1.89 bits per heavy atom. The quantitative estimate of drug-likeness (QED) is 0.541. The second-order valence-electron chi connectivity index (χ2n) is 7.28. The van der Waals surface area contributed by atoms with Crippen LogP contribution in [0, 0.1) is 10.6 Å². The number of benzene rings is 1. The molecule has 1 aromatic carbocycles. The number of allylic oxidation sites excluding steroid dienone is 1. The van der Waals surface area contributed by atoms with E-state index in [4.69, 9.17) is 18.9 Å². The molecule has 1 heterocycles. The van der Waals surface area contributed by atoms with Crippen molar-refractivity contribution in [2.24, 2.45) is 5.41 Å². The van der Waals surface area contributed by atoms with E-state index in [1.165, 1.54) is 7.11 Å². The summed E-state index contributed by atoms with van der Waals surface area (Å²) in [7, 11) is 3.09. The maximum Gasteiger partial charge on any atom is 0.187 e. The van der Waals surface area contributed by atoms with Crippen LogP contribution in [0.1, 0.15) is 32.3 Å². The summed E-state index contributed by atoms with van der Waals surface area (Å²) in [6.45, 7) is 9.06. The van der Waals surface area contributed by atoms with Crippen molar-refractivity contribution in [3.8, 4) is 11.5 Å². The van der Waals surface area contributed by atoms with Gasteiger partial charge in [-0.2, -0.15) is 0 Å². The predicted molar refractivity (Wildman–Crippen MR) is 102 cm³/mol. The molecule has 0 bridgehead atoms. The second-order valence-corrected chi connectivity index (χ2v) is 7.28. The number of hydroxylamine groups is 2. The number of ether oxygens (including phenoxy) is 4. The van der Waals surface area contributed by atoms with E-state index in [1.54, 1.807) is 31.4 Å². The molecule has 0 aromatic heterocycles. The van der Waals surface area contributed by atoms with Gasteiger partial charge in [0.25, 0.3) is 0 Å². The van der Waals surface area contributed by atoms with Gasteiger partial charge in [0.05, 0.1) is 27.4 Å². The third kappa shape index (κ3) is 5.46. The van der Waals surface area contributed by atoms with Gasteiger partial charge in [0.1, 0.15) is 0 Å². The third-order valence-corrected chi connectivity index (χ3v) is 4.49. The van der Waals surface area contributed by atoms with E-state index in [9.17, 15) is 10.4 Å². The Labute approximate surface area is 160 Å². The first-order valence-electron chi connectivity index (χ1n) is 8.74. The van der Waals surface area contributed by atoms with E-state index < -0.39 is 5.79 Å². The van der Waals surface area contributed by atoms with Crippen molar-refractivity contribution in [2.75, 3.05) is 27.4 Å². The first-order valence-corrected chi connectivity index (χ1v) is 8.74. The fraction of sp³-hybridized carbons (Fsp3) is 0.500. The molecule has 2 rings (SSSR count). The lowest BCUT2D eigenvalue weighted by atomic mass is 9.93. The Hall–Kier alpha value is -2.06. The molecule has 1 saturated heterocycles. The molecule has 0 unspecified atom stereocenters. The van der Waals surface area contributed by atoms with Crippen LogP contribution in [-0.2, 0) is 9.47 Å². The first kappa shape index (κ1) is 21.2. The molecule has 0 aliphatic carbocycles. The lowest BCUT2D eigenvalue weighted by Gasteiger charge is -2.42. The summed E-state index contributed by atoms with van der Waals surface area (Å²) in [5.41, 5.74) is 1.26. The Bertz CT molecular complexity index is 673. The van der Waals surface area contributed by atoms with Crippen LogP contribution >= 0.6 is 0 Å². The van der Waals surface area contributed by atoms with E-state index >= 15 is 0 Å². The van der Waals surface area contributed by atoms with E-state index in [2.05, 4.69) is 20.4 Å². The van der Waals surface area contributed by atoms with Crippen LogP contribution < -0.4 is 9.47 Å². The van der Waals surface area contributed by atoms with Crippen LogP contribution in [0.2, 0.25) is 0 Å². The normalized spacial score (nSPS) is 18.7. The highest BCUT2D eigenvalue weighted by molar-refractivity contribution is 5.68. The zero-order valence-electron chi connectivity index (χ0n) is 16.4. The second kappa shape index (κ2) is 8.75. The predicted octanol–water partition coefficient (Wildman–Crippen LogP) is 3.97. The molecule has 0 saturated carbocycles. The molecular weight excluding hydrogens is 350 g/mol. The van der Waals surface area contributed by atoms with Crippen LogP contribution in [0.25, 0.3) is 5.57 Å². The van der Waals surface area contributed by atoms with Crippen molar-refractivity contribution in [2.45, 2.75) is 32.5 Å². The van der Waals surface area contributed by atoms with Crippen LogP contribution in [0.4, 0.5) is 0 Å². The maximum absolute atomic E-state index is 11.2. The van der Waals surface area contributed by atoms with Crippen molar-refractivity contribution in [3.63, 3.8) is 0 Å². The van der Waals surface area contributed by atoms with Gasteiger partial charge in [0.2, 0.25) is 0 Å². The van der Waals surface area contributed by atoms with Gasteiger partial charge in [-0.25, -0.2) is 0 Å². The highest BCUT2D eigenvalue weighted by atomic mass is 16.8. The van der Waals surface area contributed by atoms with Gasteiger partial charge in [-0.1, -0.05) is 26.5 Å². The third-order valence-electron chi connectivity index (χ3n) is 4.49. The molecule has 1 fully saturated rings. The fourth-order valence-corrected chi connectivity index (χ4v) is 2.84. The largest absolute Gasteiger partial charge is 0.734 e. The number of methoxy groups -OCH3 is 2. The zero-order chi connectivity index (χ0) is 20.1. The lowest BCUT2D eigenvalue weighted by molar-refractivity contribution is -0.273. The molecule has 1 aliphatic heterocycles. The minimum Gasteiger partial charge on any atom is -0.734 e. The minimum absolute atomic E-state index is 0.0640. The molecule has 0 spiro atoms. The van der Waals surface area contributed by atoms with Gasteiger partial charge in [0, 0.05) is 18.0 Å². The molecule has 150 valence electrons. The molecule has 1 aliphatic rings. The molecule has 1 N–H and O–H groups in total. The van der Waals surface area contributed by atoms with E-state index in [0.717, 1.165) is 11.8 Å². The average Bonchev–Trinajstić information content (AvgIpc) is 2.65. The molecule has 0 amide bonds. The zero-order valence-corrected chi connectivity index (χ0v) is 16.4. The first-order chi connectivity index (χ1) is 12.7. The molecule has 1 aromatic rings. The van der Waals surface area contributed by atoms with Crippen LogP contribution in [0.15, 0.2) is 37.1 Å². The summed E-state index contributed by atoms with van der Waals surface area (Å²) >= 11 is 0. The van der Waals surface area contributed by atoms with Gasteiger partial charge in [0.15, 0.2) is 17.3 Å². The van der Waals surface area contributed by atoms with Crippen molar-refractivity contribution >= 4 is 5.57 Å². The Kier molecular flexibility index (Phi) is 6.89. The van der Waals surface area contributed by atoms with E-state index in [-0.39, 0.29) is 10.6 Å². The van der Waals surface area contributed by atoms with Gasteiger partial charge in [-0.3, -0.25) is 5.21 Å². The highest BCUT2D eigenvalue weighted by Gasteiger charge is 2.38. The van der Waals surface area contributed by atoms with E-state index in [1.807, 2.05) is 0 Å². The molecular formula is C20H28NO6-. The molecule has 27 heavy (non-hydrogen) atoms. The molecule has 7 heteroatoms. The highest BCUT2D eigenvalue weighted by Crippen LogP contribution is 2.37. The summed E-state index contributed by atoms with van der Waals surface area (Å²) in [4.78, 5) is 0. The number of hydrogen-bond donors (Lipinski definition) is 1. The molecule has 7 nitrogen and oxygen atoms in total. The van der Waals surface area contributed by atoms with Crippen LogP contribution in [-0.4, -0.2) is 43.7 Å². The maximum atomic E-state index is 11.2. The van der Waals surface area contributed by atoms with Gasteiger partial charge >= 0.3 is 0 Å².